The summed E-state index contributed by atoms with van der Waals surface area (Å²) in [6, 6.07) is 5.61. The highest BCUT2D eigenvalue weighted by Gasteiger charge is 2.14. The van der Waals surface area contributed by atoms with Gasteiger partial charge in [0.2, 0.25) is 0 Å². The highest BCUT2D eigenvalue weighted by Crippen LogP contribution is 2.18. The molecule has 1 heterocycles. The van der Waals surface area contributed by atoms with Gasteiger partial charge in [-0.25, -0.2) is 4.39 Å². The molecule has 0 spiro atoms. The third-order valence-electron chi connectivity index (χ3n) is 2.39. The second-order valence-electron chi connectivity index (χ2n) is 3.38. The first-order valence-corrected chi connectivity index (χ1v) is 5.74. The average molecular weight is 306 g/mol. The van der Waals surface area contributed by atoms with Crippen molar-refractivity contribution in [2.24, 2.45) is 0 Å². The summed E-state index contributed by atoms with van der Waals surface area (Å²) in [5.74, 6) is -0.141. The van der Waals surface area contributed by atoms with Crippen LogP contribution in [0.5, 0.6) is 0 Å². The maximum absolute atomic E-state index is 13.0. The van der Waals surface area contributed by atoms with Crippen LogP contribution in [0.1, 0.15) is 11.6 Å². The van der Waals surface area contributed by atoms with Gasteiger partial charge in [-0.15, -0.1) is 0 Å². The predicted molar refractivity (Wildman–Crippen MR) is 62.7 cm³/mol. The van der Waals surface area contributed by atoms with Crippen LogP contribution < -0.4 is 10.6 Å². The third kappa shape index (κ3) is 2.24. The van der Waals surface area contributed by atoms with E-state index in [1.165, 1.54) is 6.07 Å². The van der Waals surface area contributed by atoms with Crippen molar-refractivity contribution < 1.29 is 4.39 Å². The monoisotopic (exact) mass is 306 g/mol. The first-order valence-electron chi connectivity index (χ1n) is 4.66. The number of hydrogen-bond acceptors (Lipinski definition) is 2. The maximum atomic E-state index is 13.0. The largest absolute Gasteiger partial charge is 0.314 e. The maximum Gasteiger partial charge on any atom is 0.136 e. The molecule has 2 nitrogen and oxygen atoms in total. The van der Waals surface area contributed by atoms with E-state index in [1.807, 2.05) is 34.7 Å². The van der Waals surface area contributed by atoms with Crippen LogP contribution >= 0.6 is 22.6 Å². The Hall–Kier alpha value is -0.200. The lowest BCUT2D eigenvalue weighted by Crippen LogP contribution is -2.42. The lowest BCUT2D eigenvalue weighted by molar-refractivity contribution is 0.429. The Morgan fingerprint density at radius 3 is 2.86 bits per heavy atom. The highest BCUT2D eigenvalue weighted by molar-refractivity contribution is 14.1. The minimum absolute atomic E-state index is 0.141. The van der Waals surface area contributed by atoms with Crippen LogP contribution in [0.4, 0.5) is 4.39 Å². The zero-order chi connectivity index (χ0) is 9.97. The molecule has 1 atom stereocenters. The molecule has 0 saturated carbocycles. The fourth-order valence-corrected chi connectivity index (χ4v) is 2.16. The molecule has 0 amide bonds. The Bertz CT molecular complexity index is 324. The van der Waals surface area contributed by atoms with Gasteiger partial charge in [0, 0.05) is 29.2 Å². The van der Waals surface area contributed by atoms with Crippen molar-refractivity contribution in [2.45, 2.75) is 6.04 Å². The number of piperazine rings is 1. The number of nitrogens with one attached hydrogen (secondary N) is 2. The van der Waals surface area contributed by atoms with E-state index >= 15 is 0 Å². The van der Waals surface area contributed by atoms with Gasteiger partial charge >= 0.3 is 0 Å². The molecule has 1 aromatic carbocycles. The number of halogens is 2. The molecule has 1 aromatic rings. The SMILES string of the molecule is Fc1ccc(C2CNCCN2)cc1I. The summed E-state index contributed by atoms with van der Waals surface area (Å²) in [7, 11) is 0. The van der Waals surface area contributed by atoms with Crippen LogP contribution in [0.3, 0.4) is 0 Å². The average Bonchev–Trinajstić information content (AvgIpc) is 2.23. The molecular formula is C10H12FIN2. The zero-order valence-corrected chi connectivity index (χ0v) is 9.84. The van der Waals surface area contributed by atoms with Crippen molar-refractivity contribution in [1.82, 2.24) is 10.6 Å². The fraction of sp³-hybridized carbons (Fsp3) is 0.400. The van der Waals surface area contributed by atoms with Gasteiger partial charge in [0.1, 0.15) is 5.82 Å². The van der Waals surface area contributed by atoms with Crippen molar-refractivity contribution in [3.63, 3.8) is 0 Å². The van der Waals surface area contributed by atoms with E-state index in [-0.39, 0.29) is 5.82 Å². The van der Waals surface area contributed by atoms with E-state index in [0.717, 1.165) is 25.2 Å². The summed E-state index contributed by atoms with van der Waals surface area (Å²) in [5.41, 5.74) is 1.16. The van der Waals surface area contributed by atoms with E-state index in [0.29, 0.717) is 9.61 Å². The van der Waals surface area contributed by atoms with Gasteiger partial charge in [0.15, 0.2) is 0 Å². The summed E-state index contributed by atoms with van der Waals surface area (Å²) < 4.78 is 13.7. The Morgan fingerprint density at radius 1 is 1.36 bits per heavy atom. The van der Waals surface area contributed by atoms with Crippen LogP contribution in [0.15, 0.2) is 18.2 Å². The summed E-state index contributed by atoms with van der Waals surface area (Å²) in [6.45, 7) is 2.90. The van der Waals surface area contributed by atoms with Crippen LogP contribution in [-0.4, -0.2) is 19.6 Å². The quantitative estimate of drug-likeness (QED) is 0.771. The van der Waals surface area contributed by atoms with Gasteiger partial charge in [0.25, 0.3) is 0 Å². The summed E-state index contributed by atoms with van der Waals surface area (Å²) >= 11 is 2.02. The second kappa shape index (κ2) is 4.55. The van der Waals surface area contributed by atoms with Crippen molar-refractivity contribution in [3.05, 3.63) is 33.1 Å². The van der Waals surface area contributed by atoms with Gasteiger partial charge in [0.05, 0.1) is 0 Å². The predicted octanol–water partition coefficient (Wildman–Crippen LogP) is 1.66. The van der Waals surface area contributed by atoms with Crippen LogP contribution in [-0.2, 0) is 0 Å². The van der Waals surface area contributed by atoms with E-state index < -0.39 is 0 Å². The number of rotatable bonds is 1. The molecule has 1 unspecified atom stereocenters. The van der Waals surface area contributed by atoms with Gasteiger partial charge in [-0.2, -0.15) is 0 Å². The molecule has 1 fully saturated rings. The van der Waals surface area contributed by atoms with Gasteiger partial charge in [-0.3, -0.25) is 0 Å². The van der Waals surface area contributed by atoms with E-state index in [9.17, 15) is 4.39 Å². The molecule has 1 aliphatic heterocycles. The zero-order valence-electron chi connectivity index (χ0n) is 7.69. The molecule has 2 rings (SSSR count). The summed E-state index contributed by atoms with van der Waals surface area (Å²) in [4.78, 5) is 0. The molecule has 0 radical (unpaired) electrons. The van der Waals surface area contributed by atoms with Crippen molar-refractivity contribution >= 4 is 22.6 Å². The minimum atomic E-state index is -0.141. The standard InChI is InChI=1S/C10H12FIN2/c11-8-2-1-7(5-9(8)12)10-6-13-3-4-14-10/h1-2,5,10,13-14H,3-4,6H2. The lowest BCUT2D eigenvalue weighted by atomic mass is 10.1. The van der Waals surface area contributed by atoms with Gasteiger partial charge < -0.3 is 10.6 Å². The van der Waals surface area contributed by atoms with Crippen LogP contribution in [0.25, 0.3) is 0 Å². The molecule has 0 aliphatic carbocycles. The third-order valence-corrected chi connectivity index (χ3v) is 3.21. The first kappa shape index (κ1) is 10.3. The van der Waals surface area contributed by atoms with Crippen molar-refractivity contribution in [3.8, 4) is 0 Å². The van der Waals surface area contributed by atoms with Crippen LogP contribution in [0, 0.1) is 9.39 Å². The Morgan fingerprint density at radius 2 is 2.21 bits per heavy atom. The Kier molecular flexibility index (Phi) is 3.35. The Balaban J connectivity index is 2.18. The topological polar surface area (TPSA) is 24.1 Å². The molecule has 0 bridgehead atoms. The molecule has 76 valence electrons. The molecular weight excluding hydrogens is 294 g/mol. The van der Waals surface area contributed by atoms with Crippen molar-refractivity contribution in [2.75, 3.05) is 19.6 Å². The van der Waals surface area contributed by atoms with E-state index in [4.69, 9.17) is 0 Å². The molecule has 0 aromatic heterocycles. The molecule has 2 N–H and O–H groups in total. The lowest BCUT2D eigenvalue weighted by Gasteiger charge is -2.25. The van der Waals surface area contributed by atoms with E-state index in [2.05, 4.69) is 10.6 Å². The molecule has 14 heavy (non-hydrogen) atoms. The second-order valence-corrected chi connectivity index (χ2v) is 4.55. The molecule has 4 heteroatoms. The smallest absolute Gasteiger partial charge is 0.136 e. The normalized spacial score (nSPS) is 22.3. The summed E-state index contributed by atoms with van der Waals surface area (Å²) in [5, 5.41) is 6.70. The van der Waals surface area contributed by atoms with Crippen LogP contribution in [0.2, 0.25) is 0 Å². The number of hydrogen-bond donors (Lipinski definition) is 2. The van der Waals surface area contributed by atoms with E-state index in [1.54, 1.807) is 0 Å². The molecule has 1 saturated heterocycles. The Labute approximate surface area is 96.4 Å². The number of benzene rings is 1. The minimum Gasteiger partial charge on any atom is -0.314 e. The highest BCUT2D eigenvalue weighted by atomic mass is 127. The fourth-order valence-electron chi connectivity index (χ4n) is 1.62. The van der Waals surface area contributed by atoms with Gasteiger partial charge in [-0.05, 0) is 40.3 Å². The summed E-state index contributed by atoms with van der Waals surface area (Å²) in [6.07, 6.45) is 0. The molecule has 1 aliphatic rings. The first-order chi connectivity index (χ1) is 6.77. The van der Waals surface area contributed by atoms with Crippen molar-refractivity contribution in [1.29, 1.82) is 0 Å². The van der Waals surface area contributed by atoms with Gasteiger partial charge in [-0.1, -0.05) is 6.07 Å².